The lowest BCUT2D eigenvalue weighted by molar-refractivity contribution is -0.137. The fourth-order valence-corrected chi connectivity index (χ4v) is 0.365. The molecule has 0 aromatic carbocycles. The molecule has 0 fully saturated rings. The van der Waals surface area contributed by atoms with Gasteiger partial charge >= 0.3 is 6.18 Å². The summed E-state index contributed by atoms with van der Waals surface area (Å²) in [5.74, 6) is 0. The minimum absolute atomic E-state index is 0.782. The van der Waals surface area contributed by atoms with E-state index in [0.29, 0.717) is 0 Å². The Kier molecular flexibility index (Phi) is 2.27. The number of rotatable bonds is 1. The van der Waals surface area contributed by atoms with Crippen molar-refractivity contribution in [3.05, 3.63) is 0 Å². The molecule has 4 heteroatoms. The van der Waals surface area contributed by atoms with Crippen molar-refractivity contribution < 1.29 is 13.2 Å². The van der Waals surface area contributed by atoms with Crippen LogP contribution in [0.1, 0.15) is 13.3 Å². The van der Waals surface area contributed by atoms with E-state index in [1.54, 1.807) is 0 Å². The molecule has 50 valence electrons. The highest BCUT2D eigenvalue weighted by molar-refractivity contribution is 4.58. The summed E-state index contributed by atoms with van der Waals surface area (Å²) >= 11 is 0. The Morgan fingerprint density at radius 3 is 1.88 bits per heavy atom. The Morgan fingerprint density at radius 1 is 1.50 bits per heavy atom. The minimum atomic E-state index is -4.10. The third kappa shape index (κ3) is 5.75. The highest BCUT2D eigenvalue weighted by atomic mass is 19.4. The van der Waals surface area contributed by atoms with Gasteiger partial charge in [-0.1, -0.05) is 0 Å². The van der Waals surface area contributed by atoms with Crippen molar-refractivity contribution in [2.45, 2.75) is 25.6 Å². The molecule has 2 N–H and O–H groups in total. The SMILES string of the molecule is CC(N)CC(F)(F)F. The molecule has 0 aromatic heterocycles. The zero-order valence-corrected chi connectivity index (χ0v) is 4.50. The number of hydrogen-bond acceptors (Lipinski definition) is 1. The van der Waals surface area contributed by atoms with E-state index in [-0.39, 0.29) is 0 Å². The number of nitrogens with two attached hydrogens (primary N) is 1. The van der Waals surface area contributed by atoms with E-state index in [0.717, 1.165) is 0 Å². The van der Waals surface area contributed by atoms with Crippen molar-refractivity contribution in [2.24, 2.45) is 5.73 Å². The van der Waals surface area contributed by atoms with Crippen LogP contribution >= 0.6 is 0 Å². The highest BCUT2D eigenvalue weighted by Gasteiger charge is 2.28. The van der Waals surface area contributed by atoms with E-state index in [1.165, 1.54) is 6.92 Å². The Labute approximate surface area is 45.7 Å². The van der Waals surface area contributed by atoms with E-state index >= 15 is 0 Å². The maximum atomic E-state index is 11.2. The maximum Gasteiger partial charge on any atom is 0.390 e. The minimum Gasteiger partial charge on any atom is -0.328 e. The van der Waals surface area contributed by atoms with Gasteiger partial charge in [0.15, 0.2) is 0 Å². The van der Waals surface area contributed by atoms with Crippen molar-refractivity contribution in [1.82, 2.24) is 0 Å². The van der Waals surface area contributed by atoms with Gasteiger partial charge in [-0.05, 0) is 6.92 Å². The Hall–Kier alpha value is -0.250. The van der Waals surface area contributed by atoms with E-state index in [9.17, 15) is 13.2 Å². The van der Waals surface area contributed by atoms with Crippen LogP contribution in [0.25, 0.3) is 0 Å². The lowest BCUT2D eigenvalue weighted by Crippen LogP contribution is -2.23. The molecule has 0 aliphatic rings. The average molecular weight is 127 g/mol. The van der Waals surface area contributed by atoms with Gasteiger partial charge in [0.1, 0.15) is 0 Å². The molecule has 0 rings (SSSR count). The molecule has 0 spiro atoms. The van der Waals surface area contributed by atoms with Gasteiger partial charge in [0.25, 0.3) is 0 Å². The van der Waals surface area contributed by atoms with Crippen LogP contribution in [0.5, 0.6) is 0 Å². The van der Waals surface area contributed by atoms with E-state index < -0.39 is 18.6 Å². The molecule has 0 amide bonds. The van der Waals surface area contributed by atoms with Crippen LogP contribution in [-0.4, -0.2) is 12.2 Å². The first-order chi connectivity index (χ1) is 3.42. The summed E-state index contributed by atoms with van der Waals surface area (Å²) in [6, 6.07) is -0.782. The maximum absolute atomic E-state index is 11.2. The number of hydrogen-bond donors (Lipinski definition) is 1. The monoisotopic (exact) mass is 127 g/mol. The first kappa shape index (κ1) is 7.75. The highest BCUT2D eigenvalue weighted by Crippen LogP contribution is 2.20. The standard InChI is InChI=1S/C4H8F3N/c1-3(8)2-4(5,6)7/h3H,2,8H2,1H3. The molecule has 1 atom stereocenters. The summed E-state index contributed by atoms with van der Waals surface area (Å²) in [6.45, 7) is 1.33. The second-order valence-electron chi connectivity index (χ2n) is 1.80. The van der Waals surface area contributed by atoms with Crippen molar-refractivity contribution in [3.63, 3.8) is 0 Å². The Bertz CT molecular complexity index is 66.2. The Balaban J connectivity index is 3.39. The van der Waals surface area contributed by atoms with Gasteiger partial charge in [0.05, 0.1) is 6.42 Å². The average Bonchev–Trinajstić information content (AvgIpc) is 1.21. The lowest BCUT2D eigenvalue weighted by Gasteiger charge is -2.07. The summed E-state index contributed by atoms with van der Waals surface area (Å²) in [4.78, 5) is 0. The van der Waals surface area contributed by atoms with Crippen LogP contribution in [0.3, 0.4) is 0 Å². The van der Waals surface area contributed by atoms with Crippen molar-refractivity contribution >= 4 is 0 Å². The predicted molar refractivity (Wildman–Crippen MR) is 24.3 cm³/mol. The van der Waals surface area contributed by atoms with E-state index in [4.69, 9.17) is 5.73 Å². The molecule has 1 nitrogen and oxygen atoms in total. The van der Waals surface area contributed by atoms with Gasteiger partial charge < -0.3 is 5.73 Å². The fraction of sp³-hybridized carbons (Fsp3) is 1.00. The van der Waals surface area contributed by atoms with Crippen LogP contribution in [0.4, 0.5) is 13.2 Å². The summed E-state index contributed by atoms with van der Waals surface area (Å²) in [5, 5.41) is 0. The van der Waals surface area contributed by atoms with Crippen LogP contribution in [0.15, 0.2) is 0 Å². The molecule has 1 unspecified atom stereocenters. The predicted octanol–water partition coefficient (Wildman–Crippen LogP) is 1.29. The summed E-state index contributed by atoms with van der Waals surface area (Å²) in [5.41, 5.74) is 4.86. The van der Waals surface area contributed by atoms with E-state index in [1.807, 2.05) is 0 Å². The molecular formula is C4H8F3N. The molecule has 0 saturated heterocycles. The molecule has 8 heavy (non-hydrogen) atoms. The van der Waals surface area contributed by atoms with Crippen LogP contribution in [0, 0.1) is 0 Å². The smallest absolute Gasteiger partial charge is 0.328 e. The first-order valence-corrected chi connectivity index (χ1v) is 2.24. The van der Waals surface area contributed by atoms with Crippen LogP contribution in [-0.2, 0) is 0 Å². The summed E-state index contributed by atoms with van der Waals surface area (Å²) < 4.78 is 33.7. The second-order valence-corrected chi connectivity index (χ2v) is 1.80. The normalized spacial score (nSPS) is 16.1. The molecular weight excluding hydrogens is 119 g/mol. The lowest BCUT2D eigenvalue weighted by atomic mass is 10.2. The second kappa shape index (κ2) is 2.35. The van der Waals surface area contributed by atoms with Gasteiger partial charge in [-0.3, -0.25) is 0 Å². The van der Waals surface area contributed by atoms with Crippen molar-refractivity contribution in [3.8, 4) is 0 Å². The largest absolute Gasteiger partial charge is 0.390 e. The molecule has 0 saturated carbocycles. The van der Waals surface area contributed by atoms with Gasteiger partial charge in [-0.25, -0.2) is 0 Å². The molecule has 0 aliphatic carbocycles. The molecule has 0 aromatic rings. The van der Waals surface area contributed by atoms with Gasteiger partial charge in [0.2, 0.25) is 0 Å². The van der Waals surface area contributed by atoms with Crippen LogP contribution < -0.4 is 5.73 Å². The quantitative estimate of drug-likeness (QED) is 0.564. The third-order valence-electron chi connectivity index (χ3n) is 0.553. The molecule has 0 bridgehead atoms. The number of alkyl halides is 3. The Morgan fingerprint density at radius 2 is 1.88 bits per heavy atom. The van der Waals surface area contributed by atoms with Gasteiger partial charge in [-0.2, -0.15) is 13.2 Å². The third-order valence-corrected chi connectivity index (χ3v) is 0.553. The van der Waals surface area contributed by atoms with Gasteiger partial charge in [-0.15, -0.1) is 0 Å². The number of halogens is 3. The molecule has 0 heterocycles. The fourth-order valence-electron chi connectivity index (χ4n) is 0.365. The van der Waals surface area contributed by atoms with Crippen molar-refractivity contribution in [1.29, 1.82) is 0 Å². The zero-order chi connectivity index (χ0) is 6.78. The van der Waals surface area contributed by atoms with Crippen LogP contribution in [0.2, 0.25) is 0 Å². The van der Waals surface area contributed by atoms with Gasteiger partial charge in [0, 0.05) is 6.04 Å². The van der Waals surface area contributed by atoms with Crippen molar-refractivity contribution in [2.75, 3.05) is 0 Å². The summed E-state index contributed by atoms with van der Waals surface area (Å²) in [6.07, 6.45) is -5.00. The molecule has 0 aliphatic heterocycles. The molecule has 0 radical (unpaired) electrons. The summed E-state index contributed by atoms with van der Waals surface area (Å²) in [7, 11) is 0. The van der Waals surface area contributed by atoms with E-state index in [2.05, 4.69) is 0 Å². The zero-order valence-electron chi connectivity index (χ0n) is 4.50. The first-order valence-electron chi connectivity index (χ1n) is 2.24. The topological polar surface area (TPSA) is 26.0 Å².